The summed E-state index contributed by atoms with van der Waals surface area (Å²) in [6.45, 7) is 4.19. The number of hydrogen-bond donors (Lipinski definition) is 4. The van der Waals surface area contributed by atoms with E-state index in [4.69, 9.17) is 0 Å². The lowest BCUT2D eigenvalue weighted by molar-refractivity contribution is -0.131. The maximum absolute atomic E-state index is 12.5. The minimum atomic E-state index is -1.10. The fourth-order valence-corrected chi connectivity index (χ4v) is 8.01. The van der Waals surface area contributed by atoms with Gasteiger partial charge in [0.1, 0.15) is 6.10 Å². The van der Waals surface area contributed by atoms with Crippen LogP contribution in [0.15, 0.2) is 24.3 Å². The lowest BCUT2D eigenvalue weighted by Gasteiger charge is -2.21. The van der Waals surface area contributed by atoms with Crippen LogP contribution in [0, 0.1) is 0 Å². The Labute approximate surface area is 356 Å². The van der Waals surface area contributed by atoms with Gasteiger partial charge in [-0.15, -0.1) is 0 Å². The summed E-state index contributed by atoms with van der Waals surface area (Å²) in [5.41, 5.74) is 0. The van der Waals surface area contributed by atoms with E-state index in [1.165, 1.54) is 225 Å². The number of carbonyl (C=O) groups is 1. The van der Waals surface area contributed by atoms with Crippen molar-refractivity contribution in [2.24, 2.45) is 0 Å². The molecule has 0 aromatic rings. The van der Waals surface area contributed by atoms with E-state index in [9.17, 15) is 20.1 Å². The predicted octanol–water partition coefficient (Wildman–Crippen LogP) is 15.3. The molecule has 57 heavy (non-hydrogen) atoms. The maximum atomic E-state index is 12.5. The third-order valence-corrected chi connectivity index (χ3v) is 12.0. The molecule has 0 aliphatic carbocycles. The summed E-state index contributed by atoms with van der Waals surface area (Å²) in [5, 5.41) is 33.2. The molecule has 0 aliphatic rings. The normalized spacial score (nSPS) is 13.6. The lowest BCUT2D eigenvalue weighted by atomic mass is 10.0. The Balaban J connectivity index is 3.52. The summed E-state index contributed by atoms with van der Waals surface area (Å²) in [6, 6.07) is -0.795. The van der Waals surface area contributed by atoms with Crippen LogP contribution in [-0.2, 0) is 4.79 Å². The molecular weight excluding hydrogens is 703 g/mol. The molecule has 3 atom stereocenters. The molecule has 338 valence electrons. The zero-order valence-electron chi connectivity index (χ0n) is 38.5. The number of nitrogens with one attached hydrogen (secondary N) is 1. The number of allylic oxidation sites excluding steroid dienone is 3. The van der Waals surface area contributed by atoms with Crippen LogP contribution < -0.4 is 5.32 Å². The quantitative estimate of drug-likeness (QED) is 0.0364. The average Bonchev–Trinajstić information content (AvgIpc) is 3.22. The predicted molar refractivity (Wildman–Crippen MR) is 250 cm³/mol. The fourth-order valence-electron chi connectivity index (χ4n) is 8.01. The van der Waals surface area contributed by atoms with E-state index in [2.05, 4.69) is 31.3 Å². The van der Waals surface area contributed by atoms with Gasteiger partial charge in [0, 0.05) is 0 Å². The summed E-state index contributed by atoms with van der Waals surface area (Å²) < 4.78 is 0. The van der Waals surface area contributed by atoms with E-state index in [1.807, 2.05) is 6.08 Å². The van der Waals surface area contributed by atoms with Gasteiger partial charge in [0.15, 0.2) is 0 Å². The minimum absolute atomic E-state index is 0.361. The van der Waals surface area contributed by atoms with Gasteiger partial charge in [0.05, 0.1) is 18.8 Å². The third-order valence-electron chi connectivity index (χ3n) is 12.0. The van der Waals surface area contributed by atoms with Gasteiger partial charge < -0.3 is 20.6 Å². The summed E-state index contributed by atoms with van der Waals surface area (Å²) in [6.07, 6.45) is 59.6. The van der Waals surface area contributed by atoms with E-state index < -0.39 is 24.2 Å². The first-order valence-electron chi connectivity index (χ1n) is 25.7. The van der Waals surface area contributed by atoms with Gasteiger partial charge in [-0.2, -0.15) is 0 Å². The van der Waals surface area contributed by atoms with E-state index in [0.29, 0.717) is 6.42 Å². The number of amides is 1. The Morgan fingerprint density at radius 2 is 0.702 bits per heavy atom. The van der Waals surface area contributed by atoms with Crippen molar-refractivity contribution in [1.82, 2.24) is 5.32 Å². The van der Waals surface area contributed by atoms with Crippen molar-refractivity contribution >= 4 is 5.91 Å². The molecule has 3 unspecified atom stereocenters. The highest BCUT2D eigenvalue weighted by molar-refractivity contribution is 5.80. The monoisotopic (exact) mass is 804 g/mol. The molecule has 0 rings (SSSR count). The van der Waals surface area contributed by atoms with Crippen molar-refractivity contribution in [3.63, 3.8) is 0 Å². The Kier molecular flexibility index (Phi) is 46.5. The van der Waals surface area contributed by atoms with Gasteiger partial charge in [-0.05, 0) is 44.9 Å². The molecule has 0 fully saturated rings. The first kappa shape index (κ1) is 55.8. The van der Waals surface area contributed by atoms with Crippen LogP contribution in [0.5, 0.6) is 0 Å². The Morgan fingerprint density at radius 3 is 1.02 bits per heavy atom. The molecule has 1 amide bonds. The number of carbonyl (C=O) groups excluding carboxylic acids is 1. The minimum Gasteiger partial charge on any atom is -0.394 e. The molecule has 0 saturated heterocycles. The molecule has 0 spiro atoms. The molecule has 4 N–H and O–H groups in total. The van der Waals surface area contributed by atoms with Crippen molar-refractivity contribution in [1.29, 1.82) is 0 Å². The molecule has 0 heterocycles. The highest BCUT2D eigenvalue weighted by Gasteiger charge is 2.22. The maximum Gasteiger partial charge on any atom is 0.249 e. The van der Waals surface area contributed by atoms with Crippen LogP contribution in [0.3, 0.4) is 0 Å². The van der Waals surface area contributed by atoms with E-state index in [1.54, 1.807) is 6.08 Å². The van der Waals surface area contributed by atoms with Gasteiger partial charge in [0.25, 0.3) is 0 Å². The van der Waals surface area contributed by atoms with Gasteiger partial charge in [0.2, 0.25) is 5.91 Å². The second kappa shape index (κ2) is 47.5. The number of aliphatic hydroxyl groups is 3. The zero-order chi connectivity index (χ0) is 41.5. The largest absolute Gasteiger partial charge is 0.394 e. The average molecular weight is 804 g/mol. The van der Waals surface area contributed by atoms with Crippen molar-refractivity contribution in [3.05, 3.63) is 24.3 Å². The molecule has 0 saturated carbocycles. The van der Waals surface area contributed by atoms with Crippen molar-refractivity contribution in [2.75, 3.05) is 6.61 Å². The first-order chi connectivity index (χ1) is 28.1. The van der Waals surface area contributed by atoms with Gasteiger partial charge >= 0.3 is 0 Å². The fraction of sp³-hybridized carbons (Fsp3) is 0.904. The topological polar surface area (TPSA) is 89.8 Å². The first-order valence-corrected chi connectivity index (χ1v) is 25.7. The summed E-state index contributed by atoms with van der Waals surface area (Å²) >= 11 is 0. The van der Waals surface area contributed by atoms with Gasteiger partial charge in [-0.1, -0.05) is 256 Å². The summed E-state index contributed by atoms with van der Waals surface area (Å²) in [4.78, 5) is 12.5. The second-order valence-corrected chi connectivity index (χ2v) is 17.7. The van der Waals surface area contributed by atoms with E-state index in [-0.39, 0.29) is 6.61 Å². The number of unbranched alkanes of at least 4 members (excludes halogenated alkanes) is 37. The van der Waals surface area contributed by atoms with Crippen molar-refractivity contribution < 1.29 is 20.1 Å². The summed E-state index contributed by atoms with van der Waals surface area (Å²) in [5.74, 6) is -0.501. The van der Waals surface area contributed by atoms with Crippen LogP contribution in [0.1, 0.15) is 277 Å². The van der Waals surface area contributed by atoms with E-state index >= 15 is 0 Å². The number of hydrogen-bond acceptors (Lipinski definition) is 4. The molecule has 0 aromatic carbocycles. The summed E-state index contributed by atoms with van der Waals surface area (Å²) in [7, 11) is 0. The molecule has 0 aliphatic heterocycles. The molecule has 5 nitrogen and oxygen atoms in total. The van der Waals surface area contributed by atoms with Crippen LogP contribution >= 0.6 is 0 Å². The van der Waals surface area contributed by atoms with Crippen LogP contribution in [0.25, 0.3) is 0 Å². The number of rotatable bonds is 47. The Hall–Kier alpha value is -1.17. The van der Waals surface area contributed by atoms with Gasteiger partial charge in [-0.25, -0.2) is 0 Å². The molecule has 5 heteroatoms. The molecule has 0 bridgehead atoms. The van der Waals surface area contributed by atoms with Crippen molar-refractivity contribution in [2.45, 2.75) is 295 Å². The molecular formula is C52H101NO4. The van der Waals surface area contributed by atoms with E-state index in [0.717, 1.165) is 32.1 Å². The molecule has 0 radical (unpaired) electrons. The van der Waals surface area contributed by atoms with Crippen LogP contribution in [0.4, 0.5) is 0 Å². The highest BCUT2D eigenvalue weighted by atomic mass is 16.3. The van der Waals surface area contributed by atoms with Crippen molar-refractivity contribution in [3.8, 4) is 0 Å². The van der Waals surface area contributed by atoms with Gasteiger partial charge in [-0.3, -0.25) is 4.79 Å². The Morgan fingerprint density at radius 1 is 0.421 bits per heavy atom. The molecule has 0 aromatic heterocycles. The third kappa shape index (κ3) is 42.8. The van der Waals surface area contributed by atoms with Crippen LogP contribution in [0.2, 0.25) is 0 Å². The highest BCUT2D eigenvalue weighted by Crippen LogP contribution is 2.16. The zero-order valence-corrected chi connectivity index (χ0v) is 38.5. The van der Waals surface area contributed by atoms with Crippen LogP contribution in [-0.4, -0.2) is 46.1 Å². The lowest BCUT2D eigenvalue weighted by Crippen LogP contribution is -2.48. The SMILES string of the molecule is CCCCCCCCCCCCC/C=C/C(O)C(CO)NC(=O)C(O)CCCCCCCCCCCCCCCC/C=C\CCCCCCCCCCCCCC. The number of aliphatic hydroxyl groups excluding tert-OH is 3. The smallest absolute Gasteiger partial charge is 0.249 e. The Bertz CT molecular complexity index is 844. The standard InChI is InChI=1S/C52H101NO4/c1-3-5-7-9-11-13-15-17-18-19-20-21-22-23-24-25-26-27-28-29-30-31-32-33-35-37-39-41-43-45-47-51(56)52(57)53-49(48-54)50(55)46-44-42-40-38-36-34-16-14-12-10-8-6-4-2/h23-24,44,46,49-51,54-56H,3-22,25-43,45,47-48H2,1-2H3,(H,53,57)/b24-23-,46-44+. The second-order valence-electron chi connectivity index (χ2n) is 17.7.